The SMILES string of the molecule is O=C(CSc1nc(N2CCc3ccccc3C2)nc2ccccc12)Nc1ccc(Cl)cc1. The molecule has 0 fully saturated rings. The molecule has 0 radical (unpaired) electrons. The number of anilines is 2. The third-order valence-electron chi connectivity index (χ3n) is 5.44. The summed E-state index contributed by atoms with van der Waals surface area (Å²) in [6.45, 7) is 1.66. The average molecular weight is 461 g/mol. The highest BCUT2D eigenvalue weighted by atomic mass is 35.5. The predicted octanol–water partition coefficient (Wildman–Crippen LogP) is 5.58. The normalized spacial score (nSPS) is 13.1. The highest BCUT2D eigenvalue weighted by Crippen LogP contribution is 2.30. The number of rotatable bonds is 5. The number of carbonyl (C=O) groups excluding carboxylic acids is 1. The number of benzene rings is 3. The molecule has 1 amide bonds. The first-order chi connectivity index (χ1) is 15.7. The topological polar surface area (TPSA) is 58.1 Å². The molecule has 5 rings (SSSR count). The second kappa shape index (κ2) is 9.18. The van der Waals surface area contributed by atoms with Crippen LogP contribution >= 0.6 is 23.4 Å². The smallest absolute Gasteiger partial charge is 0.234 e. The molecule has 7 heteroatoms. The third kappa shape index (κ3) is 4.56. The van der Waals surface area contributed by atoms with E-state index in [1.165, 1.54) is 22.9 Å². The Bertz CT molecular complexity index is 1280. The second-order valence-corrected chi connectivity index (χ2v) is 9.03. The minimum absolute atomic E-state index is 0.0894. The average Bonchev–Trinajstić information content (AvgIpc) is 2.83. The molecular formula is C25H21ClN4OS. The maximum absolute atomic E-state index is 12.5. The lowest BCUT2D eigenvalue weighted by Crippen LogP contribution is -2.31. The number of hydrogen-bond acceptors (Lipinski definition) is 5. The van der Waals surface area contributed by atoms with Crippen molar-refractivity contribution in [1.29, 1.82) is 0 Å². The Hall–Kier alpha value is -3.09. The van der Waals surface area contributed by atoms with Gasteiger partial charge < -0.3 is 10.2 Å². The molecule has 1 aliphatic rings. The number of thioether (sulfide) groups is 1. The quantitative estimate of drug-likeness (QED) is 0.311. The van der Waals surface area contributed by atoms with Gasteiger partial charge in [-0.15, -0.1) is 0 Å². The molecule has 4 aromatic rings. The Balaban J connectivity index is 1.36. The molecule has 2 heterocycles. The number of hydrogen-bond donors (Lipinski definition) is 1. The number of carbonyl (C=O) groups is 1. The van der Waals surface area contributed by atoms with Crippen LogP contribution in [0, 0.1) is 0 Å². The highest BCUT2D eigenvalue weighted by Gasteiger charge is 2.20. The minimum atomic E-state index is -0.0894. The van der Waals surface area contributed by atoms with Crippen LogP contribution in [0.4, 0.5) is 11.6 Å². The Morgan fingerprint density at radius 1 is 0.969 bits per heavy atom. The van der Waals surface area contributed by atoms with Crippen molar-refractivity contribution < 1.29 is 4.79 Å². The molecule has 1 aliphatic heterocycles. The maximum Gasteiger partial charge on any atom is 0.234 e. The first-order valence-electron chi connectivity index (χ1n) is 10.4. The molecule has 0 atom stereocenters. The summed E-state index contributed by atoms with van der Waals surface area (Å²) < 4.78 is 0. The first-order valence-corrected chi connectivity index (χ1v) is 11.8. The van der Waals surface area contributed by atoms with E-state index >= 15 is 0 Å². The van der Waals surface area contributed by atoms with E-state index in [1.54, 1.807) is 24.3 Å². The van der Waals surface area contributed by atoms with E-state index in [1.807, 2.05) is 24.3 Å². The molecule has 0 saturated heterocycles. The number of nitrogens with zero attached hydrogens (tertiary/aromatic N) is 3. The van der Waals surface area contributed by atoms with Crippen molar-refractivity contribution >= 4 is 51.8 Å². The zero-order chi connectivity index (χ0) is 21.9. The summed E-state index contributed by atoms with van der Waals surface area (Å²) in [5.41, 5.74) is 4.31. The molecule has 3 aromatic carbocycles. The van der Waals surface area contributed by atoms with Crippen molar-refractivity contribution in [3.05, 3.63) is 88.9 Å². The summed E-state index contributed by atoms with van der Waals surface area (Å²) in [5, 5.41) is 5.31. The number of aromatic nitrogens is 2. The predicted molar refractivity (Wildman–Crippen MR) is 132 cm³/mol. The zero-order valence-electron chi connectivity index (χ0n) is 17.3. The van der Waals surface area contributed by atoms with E-state index in [2.05, 4.69) is 34.5 Å². The monoisotopic (exact) mass is 460 g/mol. The number of para-hydroxylation sites is 1. The fourth-order valence-corrected chi connectivity index (χ4v) is 4.76. The van der Waals surface area contributed by atoms with Gasteiger partial charge in [-0.05, 0) is 47.9 Å². The van der Waals surface area contributed by atoms with Crippen LogP contribution in [-0.4, -0.2) is 28.2 Å². The minimum Gasteiger partial charge on any atom is -0.336 e. The van der Waals surface area contributed by atoms with Crippen molar-refractivity contribution in [3.63, 3.8) is 0 Å². The second-order valence-electron chi connectivity index (χ2n) is 7.63. The van der Waals surface area contributed by atoms with Gasteiger partial charge >= 0.3 is 0 Å². The van der Waals surface area contributed by atoms with E-state index in [4.69, 9.17) is 21.6 Å². The lowest BCUT2D eigenvalue weighted by atomic mass is 10.0. The van der Waals surface area contributed by atoms with Crippen molar-refractivity contribution in [2.75, 3.05) is 22.5 Å². The van der Waals surface area contributed by atoms with Crippen LogP contribution in [0.2, 0.25) is 5.02 Å². The molecule has 160 valence electrons. The van der Waals surface area contributed by atoms with Crippen LogP contribution in [0.1, 0.15) is 11.1 Å². The van der Waals surface area contributed by atoms with Crippen LogP contribution in [0.5, 0.6) is 0 Å². The fraction of sp³-hybridized carbons (Fsp3) is 0.160. The van der Waals surface area contributed by atoms with Gasteiger partial charge in [-0.3, -0.25) is 4.79 Å². The summed E-state index contributed by atoms with van der Waals surface area (Å²) in [4.78, 5) is 24.4. The molecule has 0 spiro atoms. The summed E-state index contributed by atoms with van der Waals surface area (Å²) in [6, 6.07) is 23.6. The van der Waals surface area contributed by atoms with Crippen LogP contribution in [0.15, 0.2) is 77.8 Å². The Kier molecular flexibility index (Phi) is 5.97. The first kappa shape index (κ1) is 20.8. The van der Waals surface area contributed by atoms with Gasteiger partial charge in [-0.1, -0.05) is 65.8 Å². The number of nitrogens with one attached hydrogen (secondary N) is 1. The van der Waals surface area contributed by atoms with E-state index in [9.17, 15) is 4.79 Å². The molecule has 5 nitrogen and oxygen atoms in total. The zero-order valence-corrected chi connectivity index (χ0v) is 18.9. The summed E-state index contributed by atoms with van der Waals surface area (Å²) in [7, 11) is 0. The van der Waals surface area contributed by atoms with Crippen molar-refractivity contribution in [2.45, 2.75) is 18.0 Å². The van der Waals surface area contributed by atoms with Gasteiger partial charge in [-0.25, -0.2) is 9.97 Å². The van der Waals surface area contributed by atoms with Crippen LogP contribution in [0.3, 0.4) is 0 Å². The van der Waals surface area contributed by atoms with Crippen LogP contribution in [-0.2, 0) is 17.8 Å². The summed E-state index contributed by atoms with van der Waals surface area (Å²) in [6.07, 6.45) is 0.971. The largest absolute Gasteiger partial charge is 0.336 e. The maximum atomic E-state index is 12.5. The van der Waals surface area contributed by atoms with E-state index < -0.39 is 0 Å². The standard InChI is InChI=1S/C25H21ClN4OS/c26-19-9-11-20(12-10-19)27-23(31)16-32-24-21-7-3-4-8-22(21)28-25(29-24)30-14-13-17-5-1-2-6-18(17)15-30/h1-12H,13-16H2,(H,27,31). The van der Waals surface area contributed by atoms with Gasteiger partial charge in [-0.2, -0.15) is 0 Å². The van der Waals surface area contributed by atoms with Crippen LogP contribution < -0.4 is 10.2 Å². The fourth-order valence-electron chi connectivity index (χ4n) is 3.82. The molecule has 1 aromatic heterocycles. The molecule has 0 bridgehead atoms. The van der Waals surface area contributed by atoms with Crippen LogP contribution in [0.25, 0.3) is 10.9 Å². The van der Waals surface area contributed by atoms with Crippen molar-refractivity contribution in [1.82, 2.24) is 9.97 Å². The van der Waals surface area contributed by atoms with Crippen molar-refractivity contribution in [2.24, 2.45) is 0 Å². The van der Waals surface area contributed by atoms with Gasteiger partial charge in [0.25, 0.3) is 0 Å². The Morgan fingerprint density at radius 3 is 2.56 bits per heavy atom. The molecule has 1 N–H and O–H groups in total. The Morgan fingerprint density at radius 2 is 1.72 bits per heavy atom. The van der Waals surface area contributed by atoms with Gasteiger partial charge in [0.15, 0.2) is 0 Å². The van der Waals surface area contributed by atoms with Crippen molar-refractivity contribution in [3.8, 4) is 0 Å². The summed E-state index contributed by atoms with van der Waals surface area (Å²) >= 11 is 7.35. The molecular weight excluding hydrogens is 440 g/mol. The molecule has 0 unspecified atom stereocenters. The van der Waals surface area contributed by atoms with E-state index in [0.717, 1.165) is 41.1 Å². The number of amides is 1. The Labute approximate surface area is 195 Å². The summed E-state index contributed by atoms with van der Waals surface area (Å²) in [5.74, 6) is 0.874. The molecule has 0 aliphatic carbocycles. The highest BCUT2D eigenvalue weighted by molar-refractivity contribution is 8.00. The third-order valence-corrected chi connectivity index (χ3v) is 6.68. The van der Waals surface area contributed by atoms with E-state index in [0.29, 0.717) is 11.0 Å². The molecule has 0 saturated carbocycles. The molecule has 32 heavy (non-hydrogen) atoms. The lowest BCUT2D eigenvalue weighted by molar-refractivity contribution is -0.113. The van der Waals surface area contributed by atoms with Gasteiger partial charge in [0, 0.05) is 29.2 Å². The lowest BCUT2D eigenvalue weighted by Gasteiger charge is -2.29. The van der Waals surface area contributed by atoms with Gasteiger partial charge in [0.2, 0.25) is 11.9 Å². The number of halogens is 1. The number of fused-ring (bicyclic) bond motifs is 2. The van der Waals surface area contributed by atoms with Gasteiger partial charge in [0.1, 0.15) is 5.03 Å². The van der Waals surface area contributed by atoms with Gasteiger partial charge in [0.05, 0.1) is 11.3 Å². The van der Waals surface area contributed by atoms with E-state index in [-0.39, 0.29) is 11.7 Å².